The minimum Gasteiger partial charge on any atom is -0.380 e. The molecule has 0 radical (unpaired) electrons. The fourth-order valence-electron chi connectivity index (χ4n) is 6.81. The predicted octanol–water partition coefficient (Wildman–Crippen LogP) is 10.3. The van der Waals surface area contributed by atoms with Crippen molar-refractivity contribution in [3.05, 3.63) is 170 Å². The van der Waals surface area contributed by atoms with Gasteiger partial charge in [0.25, 0.3) is 0 Å². The van der Waals surface area contributed by atoms with Crippen LogP contribution in [0.1, 0.15) is 5.69 Å². The number of H-pyrrole nitrogens is 1. The normalized spacial score (nSPS) is 12.6. The fraction of sp³-hybridized carbons (Fsp3) is 0.0227. The lowest BCUT2D eigenvalue weighted by Crippen LogP contribution is -2.15. The highest BCUT2D eigenvalue weighted by Crippen LogP contribution is 2.41. The molecule has 8 aromatic rings. The second kappa shape index (κ2) is 12.2. The van der Waals surface area contributed by atoms with Crippen molar-refractivity contribution in [2.75, 3.05) is 6.54 Å². The van der Waals surface area contributed by atoms with Gasteiger partial charge in [-0.1, -0.05) is 109 Å². The van der Waals surface area contributed by atoms with Crippen LogP contribution in [0.5, 0.6) is 0 Å². The molecule has 2 N–H and O–H groups in total. The third-order valence-electron chi connectivity index (χ3n) is 9.15. The number of nitrogens with one attached hydrogen (secondary N) is 2. The minimum absolute atomic E-state index is 0.776. The SMILES string of the molecule is C1=CCNC(c2cc(-c3ccc(-c4cccc5c4nc(-c4ccc[nH]4)c4cccc(-c6ccccc6)c45)cc3)cc(-c3ccccn3)n2)=C1. The van der Waals surface area contributed by atoms with E-state index in [9.17, 15) is 0 Å². The Kier molecular flexibility index (Phi) is 7.13. The third-order valence-corrected chi connectivity index (χ3v) is 9.15. The first-order chi connectivity index (χ1) is 24.3. The topological polar surface area (TPSA) is 66.5 Å². The van der Waals surface area contributed by atoms with Crippen LogP contribution in [0.3, 0.4) is 0 Å². The van der Waals surface area contributed by atoms with Gasteiger partial charge in [-0.05, 0) is 70.3 Å². The molecule has 1 aliphatic heterocycles. The molecule has 232 valence electrons. The molecular formula is C44H31N5. The van der Waals surface area contributed by atoms with Gasteiger partial charge in [0.1, 0.15) is 0 Å². The van der Waals surface area contributed by atoms with Crippen molar-refractivity contribution in [1.29, 1.82) is 0 Å². The van der Waals surface area contributed by atoms with E-state index in [4.69, 9.17) is 9.97 Å². The van der Waals surface area contributed by atoms with Gasteiger partial charge in [0, 0.05) is 40.7 Å². The number of fused-ring (bicyclic) bond motifs is 3. The summed E-state index contributed by atoms with van der Waals surface area (Å²) in [4.78, 5) is 18.4. The van der Waals surface area contributed by atoms with Crippen molar-refractivity contribution in [3.63, 3.8) is 0 Å². The van der Waals surface area contributed by atoms with Crippen LogP contribution in [0.15, 0.2) is 164 Å². The minimum atomic E-state index is 0.776. The van der Waals surface area contributed by atoms with Gasteiger partial charge in [-0.2, -0.15) is 0 Å². The zero-order valence-corrected chi connectivity index (χ0v) is 26.6. The molecule has 0 saturated carbocycles. The van der Waals surface area contributed by atoms with Gasteiger partial charge in [-0.25, -0.2) is 9.97 Å². The molecule has 49 heavy (non-hydrogen) atoms. The van der Waals surface area contributed by atoms with Crippen LogP contribution in [0.4, 0.5) is 0 Å². The quantitative estimate of drug-likeness (QED) is 0.180. The Labute approximate surface area is 284 Å². The average Bonchev–Trinajstić information content (AvgIpc) is 3.73. The molecule has 0 fully saturated rings. The van der Waals surface area contributed by atoms with Crippen LogP contribution >= 0.6 is 0 Å². The summed E-state index contributed by atoms with van der Waals surface area (Å²) in [7, 11) is 0. The van der Waals surface area contributed by atoms with E-state index < -0.39 is 0 Å². The van der Waals surface area contributed by atoms with Crippen molar-refractivity contribution < 1.29 is 0 Å². The van der Waals surface area contributed by atoms with Gasteiger partial charge < -0.3 is 10.3 Å². The van der Waals surface area contributed by atoms with Crippen LogP contribution in [-0.2, 0) is 0 Å². The Morgan fingerprint density at radius 3 is 2.10 bits per heavy atom. The number of rotatable bonds is 6. The van der Waals surface area contributed by atoms with Gasteiger partial charge in [0.2, 0.25) is 0 Å². The van der Waals surface area contributed by atoms with Gasteiger partial charge in [0.15, 0.2) is 0 Å². The summed E-state index contributed by atoms with van der Waals surface area (Å²) in [6.45, 7) is 0.776. The summed E-state index contributed by atoms with van der Waals surface area (Å²) in [5.74, 6) is 0. The Bertz CT molecular complexity index is 2510. The van der Waals surface area contributed by atoms with E-state index in [-0.39, 0.29) is 0 Å². The van der Waals surface area contributed by atoms with Gasteiger partial charge in [-0.15, -0.1) is 0 Å². The van der Waals surface area contributed by atoms with Gasteiger partial charge in [-0.3, -0.25) is 4.98 Å². The standard InChI is InChI=1S/C44H31N5/c1-2-11-30(12-3-1)33-13-8-16-36-42(33)35-15-9-14-34(43(35)49-44(36)39-19-10-26-47-39)31-22-20-29(21-23-31)32-27-40(37-17-4-6-24-45-37)48-41(28-32)38-18-5-7-25-46-38/h1-24,26-28,46-47H,25H2. The molecule has 4 aromatic heterocycles. The summed E-state index contributed by atoms with van der Waals surface area (Å²) in [6.07, 6.45) is 10.0. The summed E-state index contributed by atoms with van der Waals surface area (Å²) in [5.41, 5.74) is 13.3. The fourth-order valence-corrected chi connectivity index (χ4v) is 6.81. The highest BCUT2D eigenvalue weighted by Gasteiger charge is 2.18. The van der Waals surface area contributed by atoms with Crippen molar-refractivity contribution in [1.82, 2.24) is 25.3 Å². The Morgan fingerprint density at radius 2 is 1.33 bits per heavy atom. The molecule has 0 spiro atoms. The van der Waals surface area contributed by atoms with E-state index in [1.165, 1.54) is 16.5 Å². The van der Waals surface area contributed by atoms with Crippen molar-refractivity contribution in [2.45, 2.75) is 0 Å². The highest BCUT2D eigenvalue weighted by molar-refractivity contribution is 6.19. The van der Waals surface area contributed by atoms with Gasteiger partial charge >= 0.3 is 0 Å². The van der Waals surface area contributed by atoms with Crippen molar-refractivity contribution in [3.8, 4) is 56.2 Å². The number of hydrogen-bond acceptors (Lipinski definition) is 4. The maximum absolute atomic E-state index is 5.38. The van der Waals surface area contributed by atoms with E-state index in [0.717, 1.165) is 79.3 Å². The molecule has 5 heteroatoms. The molecule has 0 aliphatic carbocycles. The molecule has 0 atom stereocenters. The molecule has 1 aliphatic rings. The third kappa shape index (κ3) is 5.28. The Hall–Kier alpha value is -6.59. The molecule has 0 bridgehead atoms. The number of aromatic nitrogens is 4. The molecule has 4 aromatic carbocycles. The zero-order valence-electron chi connectivity index (χ0n) is 26.6. The van der Waals surface area contributed by atoms with Gasteiger partial charge in [0.05, 0.1) is 39.7 Å². The Morgan fingerprint density at radius 1 is 0.551 bits per heavy atom. The van der Waals surface area contributed by atoms with Crippen LogP contribution in [-0.4, -0.2) is 26.5 Å². The number of dihydropyridines is 1. The lowest BCUT2D eigenvalue weighted by molar-refractivity contribution is 0.981. The summed E-state index contributed by atoms with van der Waals surface area (Å²) >= 11 is 0. The first-order valence-electron chi connectivity index (χ1n) is 16.5. The first-order valence-corrected chi connectivity index (χ1v) is 16.5. The van der Waals surface area contributed by atoms with E-state index >= 15 is 0 Å². The maximum atomic E-state index is 5.38. The number of allylic oxidation sites excluding steroid dienone is 2. The summed E-state index contributed by atoms with van der Waals surface area (Å²) in [5, 5.41) is 6.92. The molecule has 0 saturated heterocycles. The van der Waals surface area contributed by atoms with Crippen LogP contribution in [0.25, 0.3) is 83.5 Å². The number of pyridine rings is 3. The predicted molar refractivity (Wildman–Crippen MR) is 201 cm³/mol. The summed E-state index contributed by atoms with van der Waals surface area (Å²) in [6, 6.07) is 46.8. The molecule has 0 amide bonds. The van der Waals surface area contributed by atoms with Crippen LogP contribution in [0, 0.1) is 0 Å². The van der Waals surface area contributed by atoms with Crippen molar-refractivity contribution in [2.24, 2.45) is 0 Å². The van der Waals surface area contributed by atoms with Crippen molar-refractivity contribution >= 4 is 27.4 Å². The largest absolute Gasteiger partial charge is 0.380 e. The number of aromatic amines is 1. The highest BCUT2D eigenvalue weighted by atomic mass is 14.9. The Balaban J connectivity index is 1.20. The lowest BCUT2D eigenvalue weighted by atomic mass is 9.91. The maximum Gasteiger partial charge on any atom is 0.0950 e. The molecule has 0 unspecified atom stereocenters. The molecule has 9 rings (SSSR count). The first kappa shape index (κ1) is 28.6. The van der Waals surface area contributed by atoms with Crippen LogP contribution < -0.4 is 5.32 Å². The molecule has 5 heterocycles. The average molecular weight is 630 g/mol. The number of nitrogens with zero attached hydrogens (tertiary/aromatic N) is 3. The smallest absolute Gasteiger partial charge is 0.0950 e. The number of para-hydroxylation sites is 1. The number of hydrogen-bond donors (Lipinski definition) is 2. The van der Waals surface area contributed by atoms with E-state index in [1.807, 2.05) is 36.7 Å². The van der Waals surface area contributed by atoms with E-state index in [0.29, 0.717) is 0 Å². The molecule has 5 nitrogen and oxygen atoms in total. The monoisotopic (exact) mass is 629 g/mol. The van der Waals surface area contributed by atoms with Crippen LogP contribution in [0.2, 0.25) is 0 Å². The molecular weight excluding hydrogens is 599 g/mol. The summed E-state index contributed by atoms with van der Waals surface area (Å²) < 4.78 is 0. The second-order valence-corrected chi connectivity index (χ2v) is 12.1. The van der Waals surface area contributed by atoms with E-state index in [1.54, 1.807) is 0 Å². The van der Waals surface area contributed by atoms with E-state index in [2.05, 4.69) is 143 Å². The zero-order chi connectivity index (χ0) is 32.6. The second-order valence-electron chi connectivity index (χ2n) is 12.1. The number of benzene rings is 4. The lowest BCUT2D eigenvalue weighted by Gasteiger charge is -2.16.